The van der Waals surface area contributed by atoms with Crippen LogP contribution in [0.1, 0.15) is 12.0 Å². The van der Waals surface area contributed by atoms with Crippen LogP contribution in [0.3, 0.4) is 0 Å². The second-order valence-electron chi connectivity index (χ2n) is 6.30. The topological polar surface area (TPSA) is 66.7 Å². The Hall–Kier alpha value is -3.22. The Labute approximate surface area is 149 Å². The third kappa shape index (κ3) is 3.03. The van der Waals surface area contributed by atoms with Gasteiger partial charge in [-0.05, 0) is 36.4 Å². The van der Waals surface area contributed by atoms with Crippen molar-refractivity contribution >= 4 is 23.0 Å². The summed E-state index contributed by atoms with van der Waals surface area (Å²) < 4.78 is 14.8. The van der Waals surface area contributed by atoms with Crippen LogP contribution in [-0.2, 0) is 16.1 Å². The van der Waals surface area contributed by atoms with Gasteiger partial charge in [0.15, 0.2) is 0 Å². The molecule has 0 spiro atoms. The van der Waals surface area contributed by atoms with Crippen molar-refractivity contribution in [3.05, 3.63) is 66.2 Å². The lowest BCUT2D eigenvalue weighted by Gasteiger charge is -2.16. The zero-order chi connectivity index (χ0) is 18.1. The Kier molecular flexibility index (Phi) is 4.12. The highest BCUT2D eigenvalue weighted by Crippen LogP contribution is 2.25. The van der Waals surface area contributed by atoms with Gasteiger partial charge in [-0.3, -0.25) is 9.59 Å². The second-order valence-corrected chi connectivity index (χ2v) is 6.30. The molecule has 1 N–H and O–H groups in total. The highest BCUT2D eigenvalue weighted by molar-refractivity contribution is 6.00. The molecule has 3 heterocycles. The zero-order valence-electron chi connectivity index (χ0n) is 13.9. The van der Waals surface area contributed by atoms with Gasteiger partial charge in [-0.1, -0.05) is 6.07 Å². The van der Waals surface area contributed by atoms with E-state index >= 15 is 0 Å². The average Bonchev–Trinajstić information content (AvgIpc) is 3.24. The lowest BCUT2D eigenvalue weighted by atomic mass is 10.1. The molecule has 1 aliphatic rings. The summed E-state index contributed by atoms with van der Waals surface area (Å²) in [5.41, 5.74) is 2.45. The molecule has 0 bridgehead atoms. The number of carbonyl (C=O) groups excluding carboxylic acids is 2. The predicted octanol–water partition coefficient (Wildman–Crippen LogP) is 2.14. The minimum atomic E-state index is -0.422. The summed E-state index contributed by atoms with van der Waals surface area (Å²) in [7, 11) is 0. The van der Waals surface area contributed by atoms with Gasteiger partial charge in [0.25, 0.3) is 0 Å². The van der Waals surface area contributed by atoms with Crippen LogP contribution in [0, 0.1) is 11.7 Å². The minimum absolute atomic E-state index is 0.132. The fraction of sp³-hybridized carbons (Fsp3) is 0.211. The van der Waals surface area contributed by atoms with Gasteiger partial charge in [-0.25, -0.2) is 8.91 Å². The number of nitrogens with zero attached hydrogens (tertiary/aromatic N) is 3. The van der Waals surface area contributed by atoms with E-state index in [4.69, 9.17) is 0 Å². The largest absolute Gasteiger partial charge is 0.352 e. The molecular formula is C19H17FN4O2. The van der Waals surface area contributed by atoms with Crippen LogP contribution in [0.4, 0.5) is 10.1 Å². The quantitative estimate of drug-likeness (QED) is 0.782. The van der Waals surface area contributed by atoms with E-state index in [2.05, 4.69) is 10.4 Å². The number of aromatic nitrogens is 2. The Morgan fingerprint density at radius 2 is 2.04 bits per heavy atom. The number of amides is 2. The normalized spacial score (nSPS) is 17.0. The smallest absolute Gasteiger partial charge is 0.227 e. The van der Waals surface area contributed by atoms with Crippen molar-refractivity contribution in [1.82, 2.24) is 14.9 Å². The summed E-state index contributed by atoms with van der Waals surface area (Å²) in [6.45, 7) is 0.651. The number of pyridine rings is 1. The number of nitrogens with one attached hydrogen (secondary N) is 1. The van der Waals surface area contributed by atoms with Crippen molar-refractivity contribution in [3.8, 4) is 0 Å². The molecule has 3 aromatic rings. The molecule has 0 saturated carbocycles. The highest BCUT2D eigenvalue weighted by Gasteiger charge is 2.35. The Morgan fingerprint density at radius 3 is 2.85 bits per heavy atom. The van der Waals surface area contributed by atoms with E-state index in [1.165, 1.54) is 17.0 Å². The molecule has 2 aromatic heterocycles. The van der Waals surface area contributed by atoms with Gasteiger partial charge in [0.05, 0.1) is 17.6 Å². The third-order valence-electron chi connectivity index (χ3n) is 4.59. The number of hydrogen-bond acceptors (Lipinski definition) is 3. The Morgan fingerprint density at radius 1 is 1.23 bits per heavy atom. The molecule has 1 atom stereocenters. The molecule has 1 saturated heterocycles. The van der Waals surface area contributed by atoms with Crippen molar-refractivity contribution in [2.75, 3.05) is 11.4 Å². The number of fused-ring (bicyclic) bond motifs is 1. The van der Waals surface area contributed by atoms with Crippen LogP contribution < -0.4 is 10.2 Å². The van der Waals surface area contributed by atoms with E-state index in [0.29, 0.717) is 18.8 Å². The molecule has 0 aliphatic carbocycles. The van der Waals surface area contributed by atoms with Crippen molar-refractivity contribution in [1.29, 1.82) is 0 Å². The molecule has 1 aromatic carbocycles. The van der Waals surface area contributed by atoms with E-state index in [1.54, 1.807) is 22.8 Å². The van der Waals surface area contributed by atoms with Gasteiger partial charge in [0, 0.05) is 37.0 Å². The monoisotopic (exact) mass is 352 g/mol. The van der Waals surface area contributed by atoms with Crippen molar-refractivity contribution < 1.29 is 14.0 Å². The Bertz CT molecular complexity index is 967. The molecule has 2 amide bonds. The first kappa shape index (κ1) is 16.3. The summed E-state index contributed by atoms with van der Waals surface area (Å²) in [4.78, 5) is 26.2. The molecule has 1 fully saturated rings. The number of halogens is 1. The van der Waals surface area contributed by atoms with Crippen LogP contribution in [0.15, 0.2) is 54.9 Å². The minimum Gasteiger partial charge on any atom is -0.352 e. The molecule has 132 valence electrons. The Balaban J connectivity index is 1.41. The van der Waals surface area contributed by atoms with Crippen molar-refractivity contribution in [3.63, 3.8) is 0 Å². The van der Waals surface area contributed by atoms with E-state index < -0.39 is 5.92 Å². The lowest BCUT2D eigenvalue weighted by Crippen LogP contribution is -2.32. The first-order valence-corrected chi connectivity index (χ1v) is 8.37. The molecule has 7 heteroatoms. The molecule has 6 nitrogen and oxygen atoms in total. The lowest BCUT2D eigenvalue weighted by molar-refractivity contribution is -0.126. The van der Waals surface area contributed by atoms with E-state index in [9.17, 15) is 14.0 Å². The van der Waals surface area contributed by atoms with Gasteiger partial charge in [0.2, 0.25) is 11.8 Å². The molecular weight excluding hydrogens is 335 g/mol. The van der Waals surface area contributed by atoms with E-state index in [-0.39, 0.29) is 24.1 Å². The summed E-state index contributed by atoms with van der Waals surface area (Å²) in [6.07, 6.45) is 3.72. The third-order valence-corrected chi connectivity index (χ3v) is 4.59. The second kappa shape index (κ2) is 6.59. The SMILES string of the molecule is O=C(NCc1cnn2ccccc12)C1CC(=O)N(c2ccc(F)cc2)C1. The maximum absolute atomic E-state index is 13.0. The molecule has 26 heavy (non-hydrogen) atoms. The zero-order valence-corrected chi connectivity index (χ0v) is 13.9. The first-order chi connectivity index (χ1) is 12.6. The highest BCUT2D eigenvalue weighted by atomic mass is 19.1. The fourth-order valence-electron chi connectivity index (χ4n) is 3.20. The van der Waals surface area contributed by atoms with Gasteiger partial charge in [0.1, 0.15) is 5.82 Å². The number of benzene rings is 1. The van der Waals surface area contributed by atoms with Crippen molar-refractivity contribution in [2.45, 2.75) is 13.0 Å². The summed E-state index contributed by atoms with van der Waals surface area (Å²) >= 11 is 0. The van der Waals surface area contributed by atoms with Gasteiger partial charge < -0.3 is 10.2 Å². The standard InChI is InChI=1S/C19H17FN4O2/c20-15-4-6-16(7-5-15)23-12-13(9-18(23)25)19(26)21-10-14-11-22-24-8-2-1-3-17(14)24/h1-8,11,13H,9-10,12H2,(H,21,26). The maximum Gasteiger partial charge on any atom is 0.227 e. The van der Waals surface area contributed by atoms with Gasteiger partial charge in [-0.2, -0.15) is 5.10 Å². The van der Waals surface area contributed by atoms with E-state index in [0.717, 1.165) is 11.1 Å². The number of rotatable bonds is 4. The summed E-state index contributed by atoms with van der Waals surface area (Å²) in [5.74, 6) is -1.08. The maximum atomic E-state index is 13.0. The molecule has 1 aliphatic heterocycles. The number of hydrogen-bond donors (Lipinski definition) is 1. The van der Waals surface area contributed by atoms with Gasteiger partial charge >= 0.3 is 0 Å². The summed E-state index contributed by atoms with van der Waals surface area (Å²) in [5, 5.41) is 7.13. The van der Waals surface area contributed by atoms with E-state index in [1.807, 2.05) is 24.4 Å². The van der Waals surface area contributed by atoms with Crippen LogP contribution in [0.25, 0.3) is 5.52 Å². The molecule has 4 rings (SSSR count). The van der Waals surface area contributed by atoms with Crippen LogP contribution in [-0.4, -0.2) is 28.0 Å². The van der Waals surface area contributed by atoms with Gasteiger partial charge in [-0.15, -0.1) is 0 Å². The van der Waals surface area contributed by atoms with Crippen LogP contribution >= 0.6 is 0 Å². The van der Waals surface area contributed by atoms with Crippen LogP contribution in [0.2, 0.25) is 0 Å². The predicted molar refractivity (Wildman–Crippen MR) is 93.9 cm³/mol. The molecule has 1 unspecified atom stereocenters. The fourth-order valence-corrected chi connectivity index (χ4v) is 3.20. The first-order valence-electron chi connectivity index (χ1n) is 8.37. The average molecular weight is 352 g/mol. The number of anilines is 1. The number of carbonyl (C=O) groups is 2. The molecule has 0 radical (unpaired) electrons. The van der Waals surface area contributed by atoms with Crippen molar-refractivity contribution in [2.24, 2.45) is 5.92 Å². The van der Waals surface area contributed by atoms with Crippen LogP contribution in [0.5, 0.6) is 0 Å². The summed E-state index contributed by atoms with van der Waals surface area (Å²) in [6, 6.07) is 11.4.